The largest absolute Gasteiger partial charge is 0.462 e. The summed E-state index contributed by atoms with van der Waals surface area (Å²) in [6, 6.07) is 10.8. The molecule has 2 saturated heterocycles. The Morgan fingerprint density at radius 2 is 1.98 bits per heavy atom. The molecule has 3 aliphatic rings. The number of halogens is 1. The molecule has 0 radical (unpaired) electrons. The molecule has 0 saturated carbocycles. The third kappa shape index (κ3) is 6.54. The number of piperazine rings is 1. The normalized spacial score (nSPS) is 24.5. The van der Waals surface area contributed by atoms with Crippen molar-refractivity contribution in [2.24, 2.45) is 5.92 Å². The Morgan fingerprint density at radius 3 is 2.68 bits per heavy atom. The lowest BCUT2D eigenvalue weighted by molar-refractivity contribution is -0.128. The Morgan fingerprint density at radius 1 is 1.20 bits per heavy atom. The number of hydrogen-bond donors (Lipinski definition) is 0. The van der Waals surface area contributed by atoms with E-state index in [2.05, 4.69) is 35.6 Å². The zero-order valence-corrected chi connectivity index (χ0v) is 24.3. The second kappa shape index (κ2) is 13.0. The Bertz CT molecular complexity index is 1300. The number of rotatable bonds is 9. The first-order chi connectivity index (χ1) is 19.9. The van der Waals surface area contributed by atoms with Crippen molar-refractivity contribution in [1.82, 2.24) is 19.8 Å². The van der Waals surface area contributed by atoms with Crippen molar-refractivity contribution in [1.29, 1.82) is 5.26 Å². The first-order valence-electron chi connectivity index (χ1n) is 14.8. The van der Waals surface area contributed by atoms with Crippen LogP contribution in [0.5, 0.6) is 6.01 Å². The number of benzene rings is 1. The number of anilines is 1. The summed E-state index contributed by atoms with van der Waals surface area (Å²) in [5.41, 5.74) is 4.17. The maximum absolute atomic E-state index is 15.3. The van der Waals surface area contributed by atoms with Crippen molar-refractivity contribution in [2.45, 2.75) is 70.1 Å². The van der Waals surface area contributed by atoms with Crippen molar-refractivity contribution in [2.75, 3.05) is 44.7 Å². The number of nitrogens with zero attached hydrogens (tertiary/aromatic N) is 6. The molecule has 41 heavy (non-hydrogen) atoms. The Hall–Kier alpha value is -3.51. The highest BCUT2D eigenvalue weighted by Gasteiger charge is 2.33. The summed E-state index contributed by atoms with van der Waals surface area (Å²) in [6.45, 7) is 8.71. The van der Waals surface area contributed by atoms with Crippen LogP contribution in [-0.4, -0.2) is 83.8 Å². The van der Waals surface area contributed by atoms with Gasteiger partial charge >= 0.3 is 6.01 Å². The van der Waals surface area contributed by atoms with Gasteiger partial charge in [-0.3, -0.25) is 4.79 Å². The van der Waals surface area contributed by atoms with Crippen LogP contribution in [0.3, 0.4) is 0 Å². The van der Waals surface area contributed by atoms with Crippen LogP contribution in [0.4, 0.5) is 10.2 Å². The molecule has 9 heteroatoms. The summed E-state index contributed by atoms with van der Waals surface area (Å²) in [4.78, 5) is 28.3. The molecule has 5 rings (SSSR count). The van der Waals surface area contributed by atoms with Crippen LogP contribution in [0.15, 0.2) is 36.9 Å². The standard InChI is InChI=1S/C32H41FN6O2/c1-4-30(40)39-17-16-38(20-26(39)13-14-34)31-28(12-11-25-18-23-8-5-6-9-24(23)19-29(25)33)22(2)35-32(36-31)41-21-27-10-7-15-37(27)3/h4-6,8-9,25-27,29H,1,7,10-13,15-21H2,2-3H3/t25-,26?,27?,29?/m0/s1. The van der Waals surface area contributed by atoms with Gasteiger partial charge in [-0.15, -0.1) is 0 Å². The van der Waals surface area contributed by atoms with E-state index in [1.165, 1.54) is 11.6 Å². The molecule has 1 aromatic heterocycles. The van der Waals surface area contributed by atoms with Crippen LogP contribution in [0.2, 0.25) is 0 Å². The minimum absolute atomic E-state index is 0.0700. The molecule has 1 amide bonds. The van der Waals surface area contributed by atoms with E-state index in [0.717, 1.165) is 48.4 Å². The van der Waals surface area contributed by atoms with Gasteiger partial charge in [0.2, 0.25) is 5.91 Å². The van der Waals surface area contributed by atoms with Gasteiger partial charge in [0.05, 0.1) is 18.5 Å². The number of carbonyl (C=O) groups excluding carboxylic acids is 1. The molecule has 2 fully saturated rings. The van der Waals surface area contributed by atoms with Crippen LogP contribution < -0.4 is 9.64 Å². The summed E-state index contributed by atoms with van der Waals surface area (Å²) in [7, 11) is 2.11. The molecule has 0 bridgehead atoms. The number of ether oxygens (including phenoxy) is 1. The quantitative estimate of drug-likeness (QED) is 0.428. The lowest BCUT2D eigenvalue weighted by atomic mass is 9.79. The van der Waals surface area contributed by atoms with Gasteiger partial charge in [-0.25, -0.2) is 9.37 Å². The zero-order chi connectivity index (χ0) is 28.9. The molecule has 1 aliphatic carbocycles. The fourth-order valence-electron chi connectivity index (χ4n) is 6.63. The van der Waals surface area contributed by atoms with E-state index in [-0.39, 0.29) is 24.3 Å². The van der Waals surface area contributed by atoms with E-state index in [1.807, 2.05) is 25.1 Å². The van der Waals surface area contributed by atoms with Crippen LogP contribution in [0.1, 0.15) is 48.1 Å². The van der Waals surface area contributed by atoms with Crippen molar-refractivity contribution < 1.29 is 13.9 Å². The van der Waals surface area contributed by atoms with Crippen LogP contribution in [0, 0.1) is 24.2 Å². The highest BCUT2D eigenvalue weighted by Crippen LogP contribution is 2.34. The lowest BCUT2D eigenvalue weighted by Crippen LogP contribution is -2.55. The highest BCUT2D eigenvalue weighted by molar-refractivity contribution is 5.87. The summed E-state index contributed by atoms with van der Waals surface area (Å²) in [5.74, 6) is 0.534. The number of amides is 1. The molecule has 218 valence electrons. The molecule has 2 aliphatic heterocycles. The monoisotopic (exact) mass is 560 g/mol. The topological polar surface area (TPSA) is 85.6 Å². The third-order valence-electron chi connectivity index (χ3n) is 9.11. The van der Waals surface area contributed by atoms with Gasteiger partial charge < -0.3 is 19.4 Å². The Kier molecular flexibility index (Phi) is 9.19. The minimum atomic E-state index is -0.881. The second-order valence-electron chi connectivity index (χ2n) is 11.7. The minimum Gasteiger partial charge on any atom is -0.462 e. The Labute approximate surface area is 242 Å². The molecule has 2 aromatic rings. The average Bonchev–Trinajstić information content (AvgIpc) is 3.39. The fourth-order valence-corrected chi connectivity index (χ4v) is 6.63. The molecule has 0 spiro atoms. The van der Waals surface area contributed by atoms with E-state index < -0.39 is 6.17 Å². The maximum Gasteiger partial charge on any atom is 0.318 e. The lowest BCUT2D eigenvalue weighted by Gasteiger charge is -2.41. The molecule has 3 unspecified atom stereocenters. The summed E-state index contributed by atoms with van der Waals surface area (Å²) in [6.07, 6.45) is 5.42. The van der Waals surface area contributed by atoms with Crippen LogP contribution in [-0.2, 0) is 24.1 Å². The Balaban J connectivity index is 1.39. The van der Waals surface area contributed by atoms with Crippen LogP contribution in [0.25, 0.3) is 0 Å². The number of likely N-dealkylation sites (N-methyl/N-ethyl adjacent to an activating group) is 1. The molecular weight excluding hydrogens is 519 g/mol. The fraction of sp³-hybridized carbons (Fsp3) is 0.562. The van der Waals surface area contributed by atoms with Gasteiger partial charge in [-0.2, -0.15) is 10.2 Å². The molecule has 1 aromatic carbocycles. The van der Waals surface area contributed by atoms with E-state index >= 15 is 4.39 Å². The zero-order valence-electron chi connectivity index (χ0n) is 24.3. The number of fused-ring (bicyclic) bond motifs is 1. The van der Waals surface area contributed by atoms with E-state index in [1.54, 1.807) is 4.90 Å². The first kappa shape index (κ1) is 29.0. The number of carbonyl (C=O) groups is 1. The molecule has 4 atom stereocenters. The van der Waals surface area contributed by atoms with E-state index in [4.69, 9.17) is 14.7 Å². The SMILES string of the molecule is C=CC(=O)N1CCN(c2nc(OCC3CCCN3C)nc(C)c2CC[C@H]2Cc3ccccc3CC2F)CC1CC#N. The van der Waals surface area contributed by atoms with Gasteiger partial charge in [0.25, 0.3) is 0 Å². The van der Waals surface area contributed by atoms with Crippen molar-refractivity contribution in [3.63, 3.8) is 0 Å². The molecule has 0 N–H and O–H groups in total. The van der Waals surface area contributed by atoms with Crippen molar-refractivity contribution in [3.05, 3.63) is 59.3 Å². The number of aromatic nitrogens is 2. The van der Waals surface area contributed by atoms with Crippen molar-refractivity contribution in [3.8, 4) is 12.1 Å². The van der Waals surface area contributed by atoms with E-state index in [9.17, 15) is 10.1 Å². The van der Waals surface area contributed by atoms with E-state index in [0.29, 0.717) is 57.6 Å². The van der Waals surface area contributed by atoms with Gasteiger partial charge in [0.1, 0.15) is 18.6 Å². The van der Waals surface area contributed by atoms with Gasteiger partial charge in [-0.1, -0.05) is 30.8 Å². The first-order valence-corrected chi connectivity index (χ1v) is 14.8. The molecule has 3 heterocycles. The van der Waals surface area contributed by atoms with Gasteiger partial charge in [0, 0.05) is 43.4 Å². The van der Waals surface area contributed by atoms with Crippen molar-refractivity contribution >= 4 is 11.7 Å². The second-order valence-corrected chi connectivity index (χ2v) is 11.7. The number of likely N-dealkylation sites (tertiary alicyclic amines) is 1. The number of hydrogen-bond acceptors (Lipinski definition) is 7. The highest BCUT2D eigenvalue weighted by atomic mass is 19.1. The predicted molar refractivity (Wildman–Crippen MR) is 157 cm³/mol. The van der Waals surface area contributed by atoms with Crippen LogP contribution >= 0.6 is 0 Å². The van der Waals surface area contributed by atoms with Gasteiger partial charge in [0.15, 0.2) is 0 Å². The summed E-state index contributed by atoms with van der Waals surface area (Å²) in [5, 5.41) is 9.49. The molecule has 8 nitrogen and oxygen atoms in total. The maximum atomic E-state index is 15.3. The smallest absolute Gasteiger partial charge is 0.318 e. The third-order valence-corrected chi connectivity index (χ3v) is 9.11. The number of nitriles is 1. The number of aryl methyl sites for hydroxylation is 1. The number of alkyl halides is 1. The predicted octanol–water partition coefficient (Wildman–Crippen LogP) is 4.06. The summed E-state index contributed by atoms with van der Waals surface area (Å²) >= 11 is 0. The average molecular weight is 561 g/mol. The summed E-state index contributed by atoms with van der Waals surface area (Å²) < 4.78 is 21.4. The molecular formula is C32H41FN6O2. The van der Waals surface area contributed by atoms with Gasteiger partial charge in [-0.05, 0) is 75.7 Å².